The summed E-state index contributed by atoms with van der Waals surface area (Å²) in [4.78, 5) is 3.84. The molecule has 0 amide bonds. The average molecular weight is 292 g/mol. The van der Waals surface area contributed by atoms with Gasteiger partial charge in [-0.15, -0.1) is 0 Å². The molecule has 1 aromatic rings. The second-order valence-corrected chi connectivity index (χ2v) is 6.45. The average Bonchev–Trinajstić information content (AvgIpc) is 2.83. The van der Waals surface area contributed by atoms with E-state index in [2.05, 4.69) is 32.7 Å². The Balaban J connectivity index is 2.99. The molecule has 1 rings (SSSR count). The molecule has 0 atom stereocenters. The van der Waals surface area contributed by atoms with Crippen molar-refractivity contribution >= 4 is 0 Å². The van der Waals surface area contributed by atoms with Crippen LogP contribution in [0.2, 0.25) is 0 Å². The first-order valence-corrected chi connectivity index (χ1v) is 9.49. The second kappa shape index (κ2) is 10.9. The van der Waals surface area contributed by atoms with Gasteiger partial charge in [0, 0.05) is 11.4 Å². The molecule has 0 spiro atoms. The third kappa shape index (κ3) is 5.88. The highest BCUT2D eigenvalue weighted by Gasteiger charge is 2.16. The highest BCUT2D eigenvalue weighted by molar-refractivity contribution is 5.38. The number of unbranched alkanes of at least 4 members (excludes halogenated alkanes) is 4. The van der Waals surface area contributed by atoms with Crippen molar-refractivity contribution in [1.82, 2.24) is 4.98 Å². The number of aromatic amines is 1. The fraction of sp³-hybridized carbons (Fsp3) is 0.800. The Kier molecular flexibility index (Phi) is 9.54. The molecule has 1 nitrogen and oxygen atoms in total. The Hall–Kier alpha value is -0.720. The SMILES string of the molecule is CCCCc1[nH]c(CCCC)c(CCCC)c1CCCC. The third-order valence-electron chi connectivity index (χ3n) is 4.52. The first kappa shape index (κ1) is 18.3. The predicted octanol–water partition coefficient (Wildman–Crippen LogP) is 6.39. The number of nitrogens with one attached hydrogen (secondary N) is 1. The minimum Gasteiger partial charge on any atom is -0.362 e. The molecule has 0 aliphatic rings. The van der Waals surface area contributed by atoms with Gasteiger partial charge >= 0.3 is 0 Å². The monoisotopic (exact) mass is 291 g/mol. The van der Waals surface area contributed by atoms with E-state index in [-0.39, 0.29) is 0 Å². The lowest BCUT2D eigenvalue weighted by Crippen LogP contribution is -1.98. The van der Waals surface area contributed by atoms with E-state index in [1.165, 1.54) is 77.0 Å². The van der Waals surface area contributed by atoms with E-state index in [0.717, 1.165) is 0 Å². The Morgan fingerprint density at radius 2 is 0.857 bits per heavy atom. The van der Waals surface area contributed by atoms with Crippen LogP contribution in [0.4, 0.5) is 0 Å². The van der Waals surface area contributed by atoms with Crippen molar-refractivity contribution in [3.05, 3.63) is 22.5 Å². The number of aromatic nitrogens is 1. The van der Waals surface area contributed by atoms with Gasteiger partial charge < -0.3 is 4.98 Å². The van der Waals surface area contributed by atoms with Crippen LogP contribution >= 0.6 is 0 Å². The highest BCUT2D eigenvalue weighted by atomic mass is 14.7. The number of rotatable bonds is 12. The minimum atomic E-state index is 1.25. The molecule has 1 aromatic heterocycles. The van der Waals surface area contributed by atoms with Crippen LogP contribution in [0.1, 0.15) is 102 Å². The zero-order valence-corrected chi connectivity index (χ0v) is 15.0. The zero-order chi connectivity index (χ0) is 15.5. The largest absolute Gasteiger partial charge is 0.362 e. The van der Waals surface area contributed by atoms with Gasteiger partial charge in [-0.25, -0.2) is 0 Å². The Morgan fingerprint density at radius 1 is 0.524 bits per heavy atom. The molecule has 0 unspecified atom stereocenters. The lowest BCUT2D eigenvalue weighted by atomic mass is 9.95. The van der Waals surface area contributed by atoms with Crippen molar-refractivity contribution < 1.29 is 0 Å². The summed E-state index contributed by atoms with van der Waals surface area (Å²) in [5.41, 5.74) is 6.54. The molecule has 0 radical (unpaired) electrons. The van der Waals surface area contributed by atoms with Gasteiger partial charge in [-0.2, -0.15) is 0 Å². The summed E-state index contributed by atoms with van der Waals surface area (Å²) >= 11 is 0. The third-order valence-corrected chi connectivity index (χ3v) is 4.52. The first-order valence-electron chi connectivity index (χ1n) is 9.49. The molecular weight excluding hydrogens is 254 g/mol. The van der Waals surface area contributed by atoms with Crippen molar-refractivity contribution in [2.75, 3.05) is 0 Å². The van der Waals surface area contributed by atoms with Gasteiger partial charge in [0.25, 0.3) is 0 Å². The molecule has 0 saturated carbocycles. The summed E-state index contributed by atoms with van der Waals surface area (Å²) < 4.78 is 0. The van der Waals surface area contributed by atoms with Crippen LogP contribution in [0.5, 0.6) is 0 Å². The molecule has 1 heteroatoms. The minimum absolute atomic E-state index is 1.25. The molecule has 0 aliphatic heterocycles. The van der Waals surface area contributed by atoms with Crippen LogP contribution in [-0.4, -0.2) is 4.98 Å². The van der Waals surface area contributed by atoms with Crippen LogP contribution in [-0.2, 0) is 25.7 Å². The van der Waals surface area contributed by atoms with Crippen molar-refractivity contribution in [1.29, 1.82) is 0 Å². The lowest BCUT2D eigenvalue weighted by Gasteiger charge is -2.08. The number of hydrogen-bond acceptors (Lipinski definition) is 0. The van der Waals surface area contributed by atoms with Gasteiger partial charge in [-0.3, -0.25) is 0 Å². The molecule has 21 heavy (non-hydrogen) atoms. The summed E-state index contributed by atoms with van der Waals surface area (Å²) in [5, 5.41) is 0. The maximum Gasteiger partial charge on any atom is 0.0184 e. The number of hydrogen-bond donors (Lipinski definition) is 1. The topological polar surface area (TPSA) is 15.8 Å². The fourth-order valence-corrected chi connectivity index (χ4v) is 3.14. The van der Waals surface area contributed by atoms with Crippen molar-refractivity contribution in [3.8, 4) is 0 Å². The van der Waals surface area contributed by atoms with E-state index in [4.69, 9.17) is 0 Å². The van der Waals surface area contributed by atoms with Crippen LogP contribution < -0.4 is 0 Å². The molecule has 1 N–H and O–H groups in total. The van der Waals surface area contributed by atoms with Gasteiger partial charge in [0.1, 0.15) is 0 Å². The first-order chi connectivity index (χ1) is 10.3. The van der Waals surface area contributed by atoms with Crippen LogP contribution in [0.15, 0.2) is 0 Å². The predicted molar refractivity (Wildman–Crippen MR) is 95.2 cm³/mol. The van der Waals surface area contributed by atoms with E-state index >= 15 is 0 Å². The summed E-state index contributed by atoms with van der Waals surface area (Å²) in [7, 11) is 0. The lowest BCUT2D eigenvalue weighted by molar-refractivity contribution is 0.735. The van der Waals surface area contributed by atoms with Crippen molar-refractivity contribution in [2.45, 2.75) is 105 Å². The van der Waals surface area contributed by atoms with Gasteiger partial charge in [0.2, 0.25) is 0 Å². The van der Waals surface area contributed by atoms with Gasteiger partial charge in [0.15, 0.2) is 0 Å². The summed E-state index contributed by atoms with van der Waals surface area (Å²) in [6.07, 6.45) is 15.6. The molecular formula is C20H37N. The molecule has 0 fully saturated rings. The zero-order valence-electron chi connectivity index (χ0n) is 15.0. The Morgan fingerprint density at radius 3 is 1.19 bits per heavy atom. The summed E-state index contributed by atoms with van der Waals surface area (Å²) in [6, 6.07) is 0. The highest BCUT2D eigenvalue weighted by Crippen LogP contribution is 2.26. The number of H-pyrrole nitrogens is 1. The summed E-state index contributed by atoms with van der Waals surface area (Å²) in [5.74, 6) is 0. The standard InChI is InChI=1S/C20H37N/c1-5-9-13-17-18(14-10-6-2)20(16-12-8-4)21-19(17)15-11-7-3/h21H,5-16H2,1-4H3. The van der Waals surface area contributed by atoms with E-state index < -0.39 is 0 Å². The fourth-order valence-electron chi connectivity index (χ4n) is 3.14. The molecule has 0 aliphatic carbocycles. The molecule has 1 heterocycles. The van der Waals surface area contributed by atoms with E-state index in [1.54, 1.807) is 22.5 Å². The van der Waals surface area contributed by atoms with Gasteiger partial charge in [-0.05, 0) is 62.5 Å². The second-order valence-electron chi connectivity index (χ2n) is 6.45. The maximum absolute atomic E-state index is 3.84. The Labute approximate surface area is 132 Å². The Bertz CT molecular complexity index is 341. The van der Waals surface area contributed by atoms with Crippen molar-refractivity contribution in [2.24, 2.45) is 0 Å². The molecule has 0 saturated heterocycles. The van der Waals surface area contributed by atoms with Crippen molar-refractivity contribution in [3.63, 3.8) is 0 Å². The number of aryl methyl sites for hydroxylation is 2. The van der Waals surface area contributed by atoms with E-state index in [0.29, 0.717) is 0 Å². The van der Waals surface area contributed by atoms with E-state index in [9.17, 15) is 0 Å². The van der Waals surface area contributed by atoms with Gasteiger partial charge in [-0.1, -0.05) is 53.4 Å². The quantitative estimate of drug-likeness (QED) is 0.459. The van der Waals surface area contributed by atoms with E-state index in [1.807, 2.05) is 0 Å². The molecule has 0 bridgehead atoms. The van der Waals surface area contributed by atoms with Crippen LogP contribution in [0, 0.1) is 0 Å². The normalized spacial score (nSPS) is 11.2. The summed E-state index contributed by atoms with van der Waals surface area (Å²) in [6.45, 7) is 9.21. The smallest absolute Gasteiger partial charge is 0.0184 e. The molecule has 122 valence electrons. The van der Waals surface area contributed by atoms with Gasteiger partial charge in [0.05, 0.1) is 0 Å². The molecule has 0 aromatic carbocycles. The van der Waals surface area contributed by atoms with Crippen LogP contribution in [0.3, 0.4) is 0 Å². The maximum atomic E-state index is 3.84. The van der Waals surface area contributed by atoms with Crippen LogP contribution in [0.25, 0.3) is 0 Å².